The molecule has 19 heavy (non-hydrogen) atoms. The molecule has 94 valence electrons. The fraction of sp³-hybridized carbons (Fsp3) is 0.0714. The summed E-state index contributed by atoms with van der Waals surface area (Å²) in [7, 11) is 1.71. The molecule has 0 heterocycles. The van der Waals surface area contributed by atoms with E-state index in [0.717, 1.165) is 0 Å². The Morgan fingerprint density at radius 3 is 2.32 bits per heavy atom. The lowest BCUT2D eigenvalue weighted by molar-refractivity contribution is -0.384. The molecule has 0 saturated carbocycles. The number of nitro benzene ring substituents is 1. The van der Waals surface area contributed by atoms with Crippen molar-refractivity contribution in [1.29, 1.82) is 5.26 Å². The maximum atomic E-state index is 11.0. The molecule has 0 aliphatic carbocycles. The second kappa shape index (κ2) is 5.19. The SMILES string of the molecule is CN(c1ccccc1C#N)c1ccccc1[N+](=O)[O-]. The van der Waals surface area contributed by atoms with Gasteiger partial charge in [-0.2, -0.15) is 5.26 Å². The van der Waals surface area contributed by atoms with Crippen molar-refractivity contribution < 1.29 is 4.92 Å². The van der Waals surface area contributed by atoms with Gasteiger partial charge in [-0.05, 0) is 18.2 Å². The number of hydrogen-bond donors (Lipinski definition) is 0. The monoisotopic (exact) mass is 253 g/mol. The molecule has 5 nitrogen and oxygen atoms in total. The van der Waals surface area contributed by atoms with Crippen molar-refractivity contribution in [2.45, 2.75) is 0 Å². The molecule has 0 unspecified atom stereocenters. The highest BCUT2D eigenvalue weighted by molar-refractivity contribution is 5.74. The lowest BCUT2D eigenvalue weighted by atomic mass is 10.1. The van der Waals surface area contributed by atoms with Gasteiger partial charge in [0.2, 0.25) is 0 Å². The first kappa shape index (κ1) is 12.6. The fourth-order valence-electron chi connectivity index (χ4n) is 1.89. The van der Waals surface area contributed by atoms with E-state index in [1.54, 1.807) is 54.4 Å². The minimum Gasteiger partial charge on any atom is -0.338 e. The van der Waals surface area contributed by atoms with E-state index in [-0.39, 0.29) is 5.69 Å². The van der Waals surface area contributed by atoms with Crippen molar-refractivity contribution in [3.05, 3.63) is 64.2 Å². The lowest BCUT2D eigenvalue weighted by Gasteiger charge is -2.20. The van der Waals surface area contributed by atoms with Crippen molar-refractivity contribution in [2.75, 3.05) is 11.9 Å². The average Bonchev–Trinajstić information content (AvgIpc) is 2.46. The zero-order valence-electron chi connectivity index (χ0n) is 10.3. The van der Waals surface area contributed by atoms with Crippen LogP contribution in [-0.2, 0) is 0 Å². The topological polar surface area (TPSA) is 70.2 Å². The molecular formula is C14H11N3O2. The maximum Gasteiger partial charge on any atom is 0.292 e. The minimum absolute atomic E-state index is 0.0118. The number of nitrogens with zero attached hydrogens (tertiary/aromatic N) is 3. The van der Waals surface area contributed by atoms with E-state index in [0.29, 0.717) is 16.9 Å². The first-order chi connectivity index (χ1) is 9.15. The van der Waals surface area contributed by atoms with E-state index in [1.165, 1.54) is 6.07 Å². The van der Waals surface area contributed by atoms with Crippen molar-refractivity contribution in [2.24, 2.45) is 0 Å². The number of benzene rings is 2. The number of anilines is 2. The molecule has 2 rings (SSSR count). The zero-order chi connectivity index (χ0) is 13.8. The molecule has 0 spiro atoms. The lowest BCUT2D eigenvalue weighted by Crippen LogP contribution is -2.12. The van der Waals surface area contributed by atoms with Crippen molar-refractivity contribution in [3.8, 4) is 6.07 Å². The molecule has 0 aliphatic heterocycles. The van der Waals surface area contributed by atoms with Gasteiger partial charge < -0.3 is 4.90 Å². The van der Waals surface area contributed by atoms with Crippen molar-refractivity contribution in [1.82, 2.24) is 0 Å². The molecule has 0 amide bonds. The van der Waals surface area contributed by atoms with Crippen molar-refractivity contribution in [3.63, 3.8) is 0 Å². The summed E-state index contributed by atoms with van der Waals surface area (Å²) >= 11 is 0. The predicted molar refractivity (Wildman–Crippen MR) is 72.3 cm³/mol. The van der Waals surface area contributed by atoms with Crippen LogP contribution in [0.1, 0.15) is 5.56 Å². The Morgan fingerprint density at radius 2 is 1.68 bits per heavy atom. The third kappa shape index (κ3) is 2.38. The van der Waals surface area contributed by atoms with Crippen LogP contribution in [0.25, 0.3) is 0 Å². The largest absolute Gasteiger partial charge is 0.338 e. The molecule has 0 aromatic heterocycles. The third-order valence-corrected chi connectivity index (χ3v) is 2.83. The van der Waals surface area contributed by atoms with Gasteiger partial charge in [0, 0.05) is 13.1 Å². The van der Waals surface area contributed by atoms with E-state index >= 15 is 0 Å². The van der Waals surface area contributed by atoms with Gasteiger partial charge in [-0.3, -0.25) is 10.1 Å². The van der Waals surface area contributed by atoms with Crippen LogP contribution in [0.2, 0.25) is 0 Å². The molecule has 0 radical (unpaired) electrons. The Bertz CT molecular complexity index is 662. The summed E-state index contributed by atoms with van der Waals surface area (Å²) in [6.07, 6.45) is 0. The Hall–Kier alpha value is -2.87. The summed E-state index contributed by atoms with van der Waals surface area (Å²) < 4.78 is 0. The van der Waals surface area contributed by atoms with E-state index < -0.39 is 4.92 Å². The van der Waals surface area contributed by atoms with Gasteiger partial charge in [-0.1, -0.05) is 24.3 Å². The van der Waals surface area contributed by atoms with Crippen LogP contribution in [0, 0.1) is 21.4 Å². The summed E-state index contributed by atoms with van der Waals surface area (Å²) in [5, 5.41) is 20.1. The summed E-state index contributed by atoms with van der Waals surface area (Å²) in [5.41, 5.74) is 1.58. The number of rotatable bonds is 3. The van der Waals surface area contributed by atoms with Crippen LogP contribution in [0.15, 0.2) is 48.5 Å². The second-order valence-corrected chi connectivity index (χ2v) is 3.93. The van der Waals surface area contributed by atoms with Crippen molar-refractivity contribution >= 4 is 17.1 Å². The van der Waals surface area contributed by atoms with Gasteiger partial charge >= 0.3 is 0 Å². The summed E-state index contributed by atoms with van der Waals surface area (Å²) in [5.74, 6) is 0. The quantitative estimate of drug-likeness (QED) is 0.622. The Morgan fingerprint density at radius 1 is 1.11 bits per heavy atom. The maximum absolute atomic E-state index is 11.0. The van der Waals surface area contributed by atoms with Gasteiger partial charge in [0.25, 0.3) is 5.69 Å². The first-order valence-electron chi connectivity index (χ1n) is 5.61. The highest BCUT2D eigenvalue weighted by Gasteiger charge is 2.18. The molecule has 0 saturated heterocycles. The van der Waals surface area contributed by atoms with Crippen LogP contribution in [0.5, 0.6) is 0 Å². The number of nitro groups is 1. The first-order valence-corrected chi connectivity index (χ1v) is 5.61. The van der Waals surface area contributed by atoms with Crippen LogP contribution in [0.3, 0.4) is 0 Å². The average molecular weight is 253 g/mol. The number of nitriles is 1. The third-order valence-electron chi connectivity index (χ3n) is 2.83. The van der Waals surface area contributed by atoms with Crippen LogP contribution in [-0.4, -0.2) is 12.0 Å². The van der Waals surface area contributed by atoms with Crippen LogP contribution in [0.4, 0.5) is 17.1 Å². The predicted octanol–water partition coefficient (Wildman–Crippen LogP) is 3.23. The molecular weight excluding hydrogens is 242 g/mol. The summed E-state index contributed by atoms with van der Waals surface area (Å²) in [6, 6.07) is 15.5. The van der Waals surface area contributed by atoms with E-state index in [9.17, 15) is 10.1 Å². The number of hydrogen-bond acceptors (Lipinski definition) is 4. The Balaban J connectivity index is 2.54. The van der Waals surface area contributed by atoms with Gasteiger partial charge in [0.05, 0.1) is 16.2 Å². The van der Waals surface area contributed by atoms with E-state index in [2.05, 4.69) is 6.07 Å². The summed E-state index contributed by atoms with van der Waals surface area (Å²) in [4.78, 5) is 12.2. The second-order valence-electron chi connectivity index (χ2n) is 3.93. The fourth-order valence-corrected chi connectivity index (χ4v) is 1.89. The highest BCUT2D eigenvalue weighted by atomic mass is 16.6. The van der Waals surface area contributed by atoms with Gasteiger partial charge in [-0.25, -0.2) is 0 Å². The van der Waals surface area contributed by atoms with Crippen LogP contribution >= 0.6 is 0 Å². The molecule has 0 atom stereocenters. The Labute approximate surface area is 110 Å². The highest BCUT2D eigenvalue weighted by Crippen LogP contribution is 2.33. The molecule has 2 aromatic rings. The molecule has 0 N–H and O–H groups in total. The van der Waals surface area contributed by atoms with Gasteiger partial charge in [-0.15, -0.1) is 0 Å². The molecule has 0 bridgehead atoms. The minimum atomic E-state index is -0.430. The normalized spacial score (nSPS) is 9.68. The van der Waals surface area contributed by atoms with E-state index in [4.69, 9.17) is 5.26 Å². The molecule has 2 aromatic carbocycles. The molecule has 0 fully saturated rings. The smallest absolute Gasteiger partial charge is 0.292 e. The number of para-hydroxylation sites is 3. The Kier molecular flexibility index (Phi) is 3.44. The standard InChI is InChI=1S/C14H11N3O2/c1-16(12-7-3-2-6-11(12)10-15)13-8-4-5-9-14(13)17(18)19/h2-9H,1H3. The summed E-state index contributed by atoms with van der Waals surface area (Å²) in [6.45, 7) is 0. The molecule has 0 aliphatic rings. The zero-order valence-corrected chi connectivity index (χ0v) is 10.3. The van der Waals surface area contributed by atoms with Crippen LogP contribution < -0.4 is 4.90 Å². The van der Waals surface area contributed by atoms with Gasteiger partial charge in [0.15, 0.2) is 0 Å². The van der Waals surface area contributed by atoms with E-state index in [1.807, 2.05) is 0 Å². The molecule has 5 heteroatoms. The van der Waals surface area contributed by atoms with Gasteiger partial charge in [0.1, 0.15) is 11.8 Å².